The fraction of sp³-hybridized carbons (Fsp3) is 0.353. The lowest BCUT2D eigenvalue weighted by Crippen LogP contribution is -2.44. The number of piperazine rings is 1. The third kappa shape index (κ3) is 6.31. The number of carboxylic acids is 1. The van der Waals surface area contributed by atoms with Gasteiger partial charge in [-0.1, -0.05) is 34.5 Å². The topological polar surface area (TPSA) is 122 Å². The first kappa shape index (κ1) is 23.8. The summed E-state index contributed by atoms with van der Waals surface area (Å²) in [6, 6.07) is 5.35. The number of hydrogen-bond donors (Lipinski definition) is 2. The number of nitrogens with zero attached hydrogens (tertiary/aromatic N) is 6. The fourth-order valence-corrected chi connectivity index (χ4v) is 3.08. The van der Waals surface area contributed by atoms with Crippen LogP contribution in [0.15, 0.2) is 28.9 Å². The molecule has 0 amide bonds. The minimum absolute atomic E-state index is 0.349. The van der Waals surface area contributed by atoms with Gasteiger partial charge in [0.15, 0.2) is 5.69 Å². The van der Waals surface area contributed by atoms with E-state index in [1.807, 2.05) is 6.07 Å². The summed E-state index contributed by atoms with van der Waals surface area (Å²) in [6.45, 7) is 3.98. The van der Waals surface area contributed by atoms with Gasteiger partial charge in [0.25, 0.3) is 11.8 Å². The SMILES string of the molecule is Clc1ccc(Cn2cc(-c3nc(N4CCNCC4)no3)nn2)c(Cl)c1.O=C(O)C(F)(F)F. The highest BCUT2D eigenvalue weighted by Crippen LogP contribution is 2.23. The Balaban J connectivity index is 0.000000360. The summed E-state index contributed by atoms with van der Waals surface area (Å²) in [5.74, 6) is -1.83. The van der Waals surface area contributed by atoms with Gasteiger partial charge in [-0.25, -0.2) is 9.48 Å². The number of nitrogens with one attached hydrogen (secondary N) is 1. The summed E-state index contributed by atoms with van der Waals surface area (Å²) in [4.78, 5) is 15.4. The van der Waals surface area contributed by atoms with E-state index >= 15 is 0 Å². The third-order valence-electron chi connectivity index (χ3n) is 4.16. The molecule has 0 atom stereocenters. The summed E-state index contributed by atoms with van der Waals surface area (Å²) in [6.07, 6.45) is -3.33. The highest BCUT2D eigenvalue weighted by molar-refractivity contribution is 6.35. The van der Waals surface area contributed by atoms with E-state index in [9.17, 15) is 13.2 Å². The molecule has 172 valence electrons. The Morgan fingerprint density at radius 1 is 1.25 bits per heavy atom. The average molecular weight is 494 g/mol. The monoisotopic (exact) mass is 493 g/mol. The van der Waals surface area contributed by atoms with E-state index in [1.165, 1.54) is 0 Å². The van der Waals surface area contributed by atoms with Crippen LogP contribution < -0.4 is 10.2 Å². The molecule has 0 saturated carbocycles. The second kappa shape index (κ2) is 10.1. The predicted molar refractivity (Wildman–Crippen MR) is 108 cm³/mol. The molecule has 3 aromatic rings. The Hall–Kier alpha value is -2.90. The molecule has 3 heterocycles. The van der Waals surface area contributed by atoms with E-state index in [1.54, 1.807) is 23.0 Å². The molecule has 0 unspecified atom stereocenters. The van der Waals surface area contributed by atoms with Gasteiger partial charge < -0.3 is 19.8 Å². The zero-order valence-corrected chi connectivity index (χ0v) is 17.7. The first-order chi connectivity index (χ1) is 15.1. The molecule has 0 radical (unpaired) electrons. The van der Waals surface area contributed by atoms with Crippen LogP contribution in [-0.4, -0.2) is 68.6 Å². The lowest BCUT2D eigenvalue weighted by molar-refractivity contribution is -0.192. The van der Waals surface area contributed by atoms with Crippen molar-refractivity contribution >= 4 is 35.1 Å². The standard InChI is InChI=1S/C15H15Cl2N7O.C2HF3O2/c16-11-2-1-10(12(17)7-11)8-24-9-13(20-22-24)14-19-15(21-25-14)23-5-3-18-4-6-23;3-2(4,5)1(6)7/h1-2,7,9,18H,3-6,8H2;(H,6,7). The second-order valence-electron chi connectivity index (χ2n) is 6.48. The largest absolute Gasteiger partial charge is 0.490 e. The predicted octanol–water partition coefficient (Wildman–Crippen LogP) is 2.73. The Labute approximate surface area is 188 Å². The van der Waals surface area contributed by atoms with Crippen molar-refractivity contribution < 1.29 is 27.6 Å². The van der Waals surface area contributed by atoms with Crippen molar-refractivity contribution in [1.29, 1.82) is 0 Å². The smallest absolute Gasteiger partial charge is 0.475 e. The summed E-state index contributed by atoms with van der Waals surface area (Å²) in [5, 5.41) is 23.8. The Morgan fingerprint density at radius 3 is 2.56 bits per heavy atom. The fourth-order valence-electron chi connectivity index (χ4n) is 2.61. The number of carbonyl (C=O) groups is 1. The number of carboxylic acid groups (broad SMARTS) is 1. The van der Waals surface area contributed by atoms with Crippen molar-refractivity contribution in [3.8, 4) is 11.6 Å². The second-order valence-corrected chi connectivity index (χ2v) is 7.32. The quantitative estimate of drug-likeness (QED) is 0.564. The molecule has 1 saturated heterocycles. The van der Waals surface area contributed by atoms with Crippen LogP contribution in [0.4, 0.5) is 19.1 Å². The van der Waals surface area contributed by atoms with Gasteiger partial charge in [0.05, 0.1) is 12.7 Å². The normalized spacial score (nSPS) is 14.1. The van der Waals surface area contributed by atoms with Crippen LogP contribution in [0.25, 0.3) is 11.6 Å². The summed E-state index contributed by atoms with van der Waals surface area (Å²) in [5.41, 5.74) is 1.42. The van der Waals surface area contributed by atoms with Gasteiger partial charge in [-0.2, -0.15) is 18.2 Å². The van der Waals surface area contributed by atoms with Crippen molar-refractivity contribution in [3.05, 3.63) is 40.0 Å². The van der Waals surface area contributed by atoms with E-state index in [0.29, 0.717) is 34.1 Å². The maximum Gasteiger partial charge on any atom is 0.490 e. The lowest BCUT2D eigenvalue weighted by atomic mass is 10.2. The molecule has 0 bridgehead atoms. The van der Waals surface area contributed by atoms with Crippen LogP contribution in [0.2, 0.25) is 10.0 Å². The van der Waals surface area contributed by atoms with E-state index in [0.717, 1.165) is 31.7 Å². The number of aliphatic carboxylic acids is 1. The molecule has 1 aliphatic rings. The van der Waals surface area contributed by atoms with Gasteiger partial charge in [0.2, 0.25) is 0 Å². The molecule has 1 aromatic carbocycles. The van der Waals surface area contributed by atoms with Crippen molar-refractivity contribution in [2.45, 2.75) is 12.7 Å². The molecule has 1 fully saturated rings. The number of anilines is 1. The molecule has 0 spiro atoms. The maximum atomic E-state index is 10.6. The minimum Gasteiger partial charge on any atom is -0.475 e. The van der Waals surface area contributed by atoms with Gasteiger partial charge in [-0.15, -0.1) is 5.10 Å². The van der Waals surface area contributed by atoms with E-state index in [-0.39, 0.29) is 0 Å². The van der Waals surface area contributed by atoms with Crippen LogP contribution in [0.1, 0.15) is 5.56 Å². The van der Waals surface area contributed by atoms with Crippen molar-refractivity contribution in [3.63, 3.8) is 0 Å². The first-order valence-corrected chi connectivity index (χ1v) is 9.83. The molecule has 2 N–H and O–H groups in total. The zero-order valence-electron chi connectivity index (χ0n) is 16.2. The number of halogens is 5. The summed E-state index contributed by atoms with van der Waals surface area (Å²) in [7, 11) is 0. The molecule has 15 heteroatoms. The molecule has 10 nitrogen and oxygen atoms in total. The zero-order chi connectivity index (χ0) is 23.3. The van der Waals surface area contributed by atoms with Crippen molar-refractivity contribution in [1.82, 2.24) is 30.5 Å². The first-order valence-electron chi connectivity index (χ1n) is 9.07. The Kier molecular flexibility index (Phi) is 7.53. The van der Waals surface area contributed by atoms with Gasteiger partial charge in [0, 0.05) is 36.2 Å². The van der Waals surface area contributed by atoms with Crippen LogP contribution in [0, 0.1) is 0 Å². The van der Waals surface area contributed by atoms with Crippen LogP contribution in [0.5, 0.6) is 0 Å². The van der Waals surface area contributed by atoms with E-state index in [2.05, 4.69) is 30.7 Å². The third-order valence-corrected chi connectivity index (χ3v) is 4.75. The molecule has 0 aliphatic carbocycles. The number of benzene rings is 1. The highest BCUT2D eigenvalue weighted by atomic mass is 35.5. The van der Waals surface area contributed by atoms with E-state index in [4.69, 9.17) is 37.6 Å². The molecule has 4 rings (SSSR count). The van der Waals surface area contributed by atoms with Crippen LogP contribution >= 0.6 is 23.2 Å². The van der Waals surface area contributed by atoms with Crippen LogP contribution in [0.3, 0.4) is 0 Å². The molecular weight excluding hydrogens is 478 g/mol. The maximum absolute atomic E-state index is 10.6. The van der Waals surface area contributed by atoms with Gasteiger partial charge in [0.1, 0.15) is 0 Å². The number of rotatable bonds is 4. The van der Waals surface area contributed by atoms with Gasteiger partial charge >= 0.3 is 12.1 Å². The Bertz CT molecular complexity index is 1070. The summed E-state index contributed by atoms with van der Waals surface area (Å²) < 4.78 is 38.7. The van der Waals surface area contributed by atoms with Crippen LogP contribution in [-0.2, 0) is 11.3 Å². The molecular formula is C17H16Cl2F3N7O3. The highest BCUT2D eigenvalue weighted by Gasteiger charge is 2.38. The summed E-state index contributed by atoms with van der Waals surface area (Å²) >= 11 is 12.1. The van der Waals surface area contributed by atoms with Crippen molar-refractivity contribution in [2.75, 3.05) is 31.1 Å². The minimum atomic E-state index is -5.08. The molecule has 2 aromatic heterocycles. The van der Waals surface area contributed by atoms with Gasteiger partial charge in [-0.3, -0.25) is 0 Å². The number of aromatic nitrogens is 5. The van der Waals surface area contributed by atoms with E-state index < -0.39 is 12.1 Å². The van der Waals surface area contributed by atoms with Crippen molar-refractivity contribution in [2.24, 2.45) is 0 Å². The lowest BCUT2D eigenvalue weighted by Gasteiger charge is -2.25. The molecule has 1 aliphatic heterocycles. The Morgan fingerprint density at radius 2 is 1.94 bits per heavy atom. The van der Waals surface area contributed by atoms with Gasteiger partial charge in [-0.05, 0) is 22.9 Å². The number of alkyl halides is 3. The average Bonchev–Trinajstić information content (AvgIpc) is 3.40. The number of hydrogen-bond acceptors (Lipinski definition) is 8. The molecule has 32 heavy (non-hydrogen) atoms.